The fourth-order valence-electron chi connectivity index (χ4n) is 1.28. The highest BCUT2D eigenvalue weighted by atomic mass is 16.5. The van der Waals surface area contributed by atoms with Gasteiger partial charge in [-0.2, -0.15) is 0 Å². The minimum Gasteiger partial charge on any atom is -0.389 e. The van der Waals surface area contributed by atoms with Gasteiger partial charge in [0.25, 0.3) is 0 Å². The number of rotatable bonds is 9. The van der Waals surface area contributed by atoms with E-state index in [4.69, 9.17) is 4.74 Å². The van der Waals surface area contributed by atoms with Gasteiger partial charge in [0.1, 0.15) is 0 Å². The molecule has 92 valence electrons. The van der Waals surface area contributed by atoms with Crippen LogP contribution in [0.3, 0.4) is 0 Å². The predicted molar refractivity (Wildman–Crippen MR) is 64.1 cm³/mol. The van der Waals surface area contributed by atoms with Gasteiger partial charge in [-0.3, -0.25) is 0 Å². The topological polar surface area (TPSA) is 41.5 Å². The van der Waals surface area contributed by atoms with Crippen LogP contribution in [0.2, 0.25) is 0 Å². The Labute approximate surface area is 94.2 Å². The van der Waals surface area contributed by atoms with E-state index in [9.17, 15) is 5.11 Å². The molecule has 0 rings (SSSR count). The Morgan fingerprint density at radius 3 is 2.33 bits per heavy atom. The van der Waals surface area contributed by atoms with Crippen molar-refractivity contribution in [1.29, 1.82) is 0 Å². The molecule has 0 amide bonds. The van der Waals surface area contributed by atoms with Crippen LogP contribution < -0.4 is 5.32 Å². The highest BCUT2D eigenvalue weighted by Crippen LogP contribution is 2.12. The smallest absolute Gasteiger partial charge is 0.0766 e. The average molecular weight is 217 g/mol. The summed E-state index contributed by atoms with van der Waals surface area (Å²) in [5, 5.41) is 13.2. The standard InChI is InChI=1S/C12H27NO2/c1-5-12(14,6-2)10-13-7-8-15-9-11(3)4/h11,13-14H,5-10H2,1-4H3. The maximum Gasteiger partial charge on any atom is 0.0766 e. The van der Waals surface area contributed by atoms with E-state index in [0.29, 0.717) is 12.5 Å². The molecular formula is C12H27NO2. The summed E-state index contributed by atoms with van der Waals surface area (Å²) >= 11 is 0. The third-order valence-corrected chi connectivity index (χ3v) is 2.64. The Morgan fingerprint density at radius 2 is 1.87 bits per heavy atom. The third-order valence-electron chi connectivity index (χ3n) is 2.64. The molecule has 0 aliphatic carbocycles. The first-order valence-corrected chi connectivity index (χ1v) is 6.05. The van der Waals surface area contributed by atoms with Crippen LogP contribution in [-0.2, 0) is 4.74 Å². The molecule has 0 bridgehead atoms. The summed E-state index contributed by atoms with van der Waals surface area (Å²) in [7, 11) is 0. The van der Waals surface area contributed by atoms with Gasteiger partial charge in [0, 0.05) is 19.7 Å². The molecule has 0 unspecified atom stereocenters. The second-order valence-electron chi connectivity index (χ2n) is 4.58. The van der Waals surface area contributed by atoms with Gasteiger partial charge in [0.05, 0.1) is 12.2 Å². The molecule has 0 radical (unpaired) electrons. The molecule has 15 heavy (non-hydrogen) atoms. The van der Waals surface area contributed by atoms with E-state index in [0.717, 1.165) is 32.6 Å². The minimum atomic E-state index is -0.544. The van der Waals surface area contributed by atoms with Crippen LogP contribution in [0, 0.1) is 5.92 Å². The van der Waals surface area contributed by atoms with Gasteiger partial charge in [-0.1, -0.05) is 27.7 Å². The number of hydrogen-bond acceptors (Lipinski definition) is 3. The van der Waals surface area contributed by atoms with Gasteiger partial charge in [0.15, 0.2) is 0 Å². The van der Waals surface area contributed by atoms with E-state index in [1.165, 1.54) is 0 Å². The van der Waals surface area contributed by atoms with Crippen molar-refractivity contribution < 1.29 is 9.84 Å². The largest absolute Gasteiger partial charge is 0.389 e. The molecule has 0 aromatic heterocycles. The Kier molecular flexibility index (Phi) is 8.02. The molecule has 0 spiro atoms. The zero-order valence-electron chi connectivity index (χ0n) is 10.7. The van der Waals surface area contributed by atoms with Crippen LogP contribution in [-0.4, -0.2) is 37.0 Å². The highest BCUT2D eigenvalue weighted by molar-refractivity contribution is 4.77. The summed E-state index contributed by atoms with van der Waals surface area (Å²) in [6.07, 6.45) is 1.59. The Bertz CT molecular complexity index is 145. The van der Waals surface area contributed by atoms with Crippen LogP contribution >= 0.6 is 0 Å². The van der Waals surface area contributed by atoms with Gasteiger partial charge in [0.2, 0.25) is 0 Å². The average Bonchev–Trinajstić information content (AvgIpc) is 2.22. The van der Waals surface area contributed by atoms with Crippen LogP contribution in [0.4, 0.5) is 0 Å². The summed E-state index contributed by atoms with van der Waals surface area (Å²) in [5.74, 6) is 0.591. The molecule has 0 fully saturated rings. The SMILES string of the molecule is CCC(O)(CC)CNCCOCC(C)C. The Balaban J connectivity index is 3.37. The molecule has 2 N–H and O–H groups in total. The summed E-state index contributed by atoms with van der Waals surface area (Å²) in [5.41, 5.74) is -0.544. The second kappa shape index (κ2) is 8.08. The molecule has 0 atom stereocenters. The fourth-order valence-corrected chi connectivity index (χ4v) is 1.28. The zero-order chi connectivity index (χ0) is 11.7. The van der Waals surface area contributed by atoms with Crippen LogP contribution in [0.5, 0.6) is 0 Å². The number of hydrogen-bond donors (Lipinski definition) is 2. The van der Waals surface area contributed by atoms with Gasteiger partial charge in [-0.15, -0.1) is 0 Å². The maximum absolute atomic E-state index is 9.97. The van der Waals surface area contributed by atoms with Crippen LogP contribution in [0.1, 0.15) is 40.5 Å². The van der Waals surface area contributed by atoms with Crippen LogP contribution in [0.15, 0.2) is 0 Å². The summed E-state index contributed by atoms with van der Waals surface area (Å²) in [4.78, 5) is 0. The molecule has 3 heteroatoms. The monoisotopic (exact) mass is 217 g/mol. The summed E-state index contributed by atoms with van der Waals surface area (Å²) in [6, 6.07) is 0. The summed E-state index contributed by atoms with van der Waals surface area (Å²) in [6.45, 7) is 11.3. The lowest BCUT2D eigenvalue weighted by Gasteiger charge is -2.25. The molecule has 0 aliphatic rings. The summed E-state index contributed by atoms with van der Waals surface area (Å²) < 4.78 is 5.43. The van der Waals surface area contributed by atoms with Crippen molar-refractivity contribution in [2.75, 3.05) is 26.3 Å². The highest BCUT2D eigenvalue weighted by Gasteiger charge is 2.20. The molecule has 0 saturated carbocycles. The van der Waals surface area contributed by atoms with Gasteiger partial charge in [-0.25, -0.2) is 0 Å². The predicted octanol–water partition coefficient (Wildman–Crippen LogP) is 1.80. The van der Waals surface area contributed by atoms with Gasteiger partial charge >= 0.3 is 0 Å². The lowest BCUT2D eigenvalue weighted by atomic mass is 9.98. The van der Waals surface area contributed by atoms with Crippen molar-refractivity contribution >= 4 is 0 Å². The number of ether oxygens (including phenoxy) is 1. The number of aliphatic hydroxyl groups is 1. The van der Waals surface area contributed by atoms with Crippen molar-refractivity contribution in [1.82, 2.24) is 5.32 Å². The van der Waals surface area contributed by atoms with E-state index in [-0.39, 0.29) is 0 Å². The first-order valence-electron chi connectivity index (χ1n) is 6.05. The molecule has 0 aliphatic heterocycles. The van der Waals surface area contributed by atoms with Crippen molar-refractivity contribution in [3.8, 4) is 0 Å². The van der Waals surface area contributed by atoms with E-state index in [2.05, 4.69) is 19.2 Å². The molecule has 0 aromatic rings. The second-order valence-corrected chi connectivity index (χ2v) is 4.58. The fraction of sp³-hybridized carbons (Fsp3) is 1.00. The maximum atomic E-state index is 9.97. The first kappa shape index (κ1) is 14.9. The molecule has 3 nitrogen and oxygen atoms in total. The van der Waals surface area contributed by atoms with Gasteiger partial charge < -0.3 is 15.2 Å². The van der Waals surface area contributed by atoms with E-state index >= 15 is 0 Å². The third kappa shape index (κ3) is 7.77. The lowest BCUT2D eigenvalue weighted by Crippen LogP contribution is -2.40. The first-order chi connectivity index (χ1) is 7.04. The van der Waals surface area contributed by atoms with Crippen molar-refractivity contribution in [3.63, 3.8) is 0 Å². The Morgan fingerprint density at radius 1 is 1.27 bits per heavy atom. The molecule has 0 heterocycles. The van der Waals surface area contributed by atoms with Crippen molar-refractivity contribution in [3.05, 3.63) is 0 Å². The lowest BCUT2D eigenvalue weighted by molar-refractivity contribution is 0.0296. The minimum absolute atomic E-state index is 0.544. The van der Waals surface area contributed by atoms with E-state index < -0.39 is 5.60 Å². The quantitative estimate of drug-likeness (QED) is 0.579. The molecular weight excluding hydrogens is 190 g/mol. The van der Waals surface area contributed by atoms with Crippen molar-refractivity contribution in [2.45, 2.75) is 46.1 Å². The van der Waals surface area contributed by atoms with Crippen molar-refractivity contribution in [2.24, 2.45) is 5.92 Å². The Hall–Kier alpha value is -0.120. The normalized spacial score (nSPS) is 12.4. The molecule has 0 aromatic carbocycles. The molecule has 0 saturated heterocycles. The number of nitrogens with one attached hydrogen (secondary N) is 1. The zero-order valence-corrected chi connectivity index (χ0v) is 10.7. The van der Waals surface area contributed by atoms with E-state index in [1.54, 1.807) is 0 Å². The van der Waals surface area contributed by atoms with Crippen LogP contribution in [0.25, 0.3) is 0 Å². The van der Waals surface area contributed by atoms with Gasteiger partial charge in [-0.05, 0) is 18.8 Å². The van der Waals surface area contributed by atoms with E-state index in [1.807, 2.05) is 13.8 Å².